The monoisotopic (exact) mass is 359 g/mol. The number of nitrogens with one attached hydrogen (secondary N) is 1. The molecule has 0 aliphatic rings. The van der Waals surface area contributed by atoms with Gasteiger partial charge >= 0.3 is 0 Å². The maximum atomic E-state index is 14.4. The molecule has 0 saturated heterocycles. The molecule has 7 heteroatoms. The van der Waals surface area contributed by atoms with Crippen LogP contribution in [0, 0.1) is 23.6 Å². The standard InChI is InChI=1S/C19H19F2N3O2/c1-2-3-4-5-11-26-15-8-6-7-13(17(15)21)12-23-19(25)14-9-10-16(20)24-18(14)22/h6-10H,2,5,11-12H2,1H3,(H2,22,24)(H,23,25). The minimum Gasteiger partial charge on any atom is -0.490 e. The largest absolute Gasteiger partial charge is 0.490 e. The molecular formula is C19H19F2N3O2. The van der Waals surface area contributed by atoms with Crippen molar-refractivity contribution in [3.63, 3.8) is 0 Å². The van der Waals surface area contributed by atoms with E-state index < -0.39 is 17.7 Å². The van der Waals surface area contributed by atoms with Crippen molar-refractivity contribution in [2.45, 2.75) is 26.3 Å². The number of nitrogens with two attached hydrogens (primary N) is 1. The van der Waals surface area contributed by atoms with Crippen LogP contribution in [0.4, 0.5) is 14.6 Å². The van der Waals surface area contributed by atoms with E-state index >= 15 is 0 Å². The molecule has 0 aliphatic heterocycles. The summed E-state index contributed by atoms with van der Waals surface area (Å²) in [7, 11) is 0. The number of carbonyl (C=O) groups is 1. The van der Waals surface area contributed by atoms with E-state index in [-0.39, 0.29) is 35.8 Å². The fourth-order valence-electron chi connectivity index (χ4n) is 2.14. The topological polar surface area (TPSA) is 77.2 Å². The van der Waals surface area contributed by atoms with Crippen LogP contribution in [0.25, 0.3) is 0 Å². The smallest absolute Gasteiger partial charge is 0.255 e. The third-order valence-electron chi connectivity index (χ3n) is 3.40. The predicted octanol–water partition coefficient (Wildman–Crippen LogP) is 3.05. The van der Waals surface area contributed by atoms with Gasteiger partial charge in [0.1, 0.15) is 5.82 Å². The number of halogens is 2. The first-order chi connectivity index (χ1) is 12.5. The number of nitrogen functional groups attached to an aromatic ring is 1. The van der Waals surface area contributed by atoms with Gasteiger partial charge in [0.2, 0.25) is 5.95 Å². The van der Waals surface area contributed by atoms with E-state index in [0.29, 0.717) is 6.42 Å². The maximum Gasteiger partial charge on any atom is 0.255 e. The molecule has 1 aromatic carbocycles. The summed E-state index contributed by atoms with van der Waals surface area (Å²) in [5.41, 5.74) is 5.79. The van der Waals surface area contributed by atoms with Gasteiger partial charge in [-0.2, -0.15) is 4.39 Å². The van der Waals surface area contributed by atoms with Crippen molar-refractivity contribution < 1.29 is 18.3 Å². The number of hydrogen-bond donors (Lipinski definition) is 2. The fourth-order valence-corrected chi connectivity index (χ4v) is 2.14. The summed E-state index contributed by atoms with van der Waals surface area (Å²) in [5.74, 6) is 3.77. The lowest BCUT2D eigenvalue weighted by Crippen LogP contribution is -2.24. The van der Waals surface area contributed by atoms with Crippen LogP contribution >= 0.6 is 0 Å². The van der Waals surface area contributed by atoms with Gasteiger partial charge in [0.25, 0.3) is 5.91 Å². The molecular weight excluding hydrogens is 340 g/mol. The predicted molar refractivity (Wildman–Crippen MR) is 94.4 cm³/mol. The van der Waals surface area contributed by atoms with Crippen molar-refractivity contribution in [2.24, 2.45) is 0 Å². The molecule has 0 aliphatic carbocycles. The van der Waals surface area contributed by atoms with Crippen molar-refractivity contribution in [1.29, 1.82) is 0 Å². The van der Waals surface area contributed by atoms with E-state index in [4.69, 9.17) is 10.5 Å². The highest BCUT2D eigenvalue weighted by Crippen LogP contribution is 2.21. The van der Waals surface area contributed by atoms with E-state index in [2.05, 4.69) is 22.1 Å². The van der Waals surface area contributed by atoms with Crippen LogP contribution in [0.15, 0.2) is 30.3 Å². The van der Waals surface area contributed by atoms with Gasteiger partial charge in [-0.1, -0.05) is 25.0 Å². The number of amides is 1. The Kier molecular flexibility index (Phi) is 6.92. The normalized spacial score (nSPS) is 9.96. The van der Waals surface area contributed by atoms with Crippen LogP contribution in [-0.4, -0.2) is 17.5 Å². The summed E-state index contributed by atoms with van der Waals surface area (Å²) in [6.45, 7) is 2.15. The quantitative estimate of drug-likeness (QED) is 0.472. The lowest BCUT2D eigenvalue weighted by Gasteiger charge is -2.11. The van der Waals surface area contributed by atoms with Crippen molar-refractivity contribution in [3.8, 4) is 17.6 Å². The molecule has 2 rings (SSSR count). The Morgan fingerprint density at radius 2 is 2.08 bits per heavy atom. The Bertz CT molecular complexity index is 844. The van der Waals surface area contributed by atoms with E-state index in [9.17, 15) is 13.6 Å². The summed E-state index contributed by atoms with van der Waals surface area (Å²) in [6.07, 6.45) is 1.27. The number of benzene rings is 1. The number of hydrogen-bond acceptors (Lipinski definition) is 4. The summed E-state index contributed by atoms with van der Waals surface area (Å²) < 4.78 is 32.8. The van der Waals surface area contributed by atoms with E-state index in [1.165, 1.54) is 18.2 Å². The molecule has 26 heavy (non-hydrogen) atoms. The zero-order valence-electron chi connectivity index (χ0n) is 14.3. The second-order valence-corrected chi connectivity index (χ2v) is 5.28. The van der Waals surface area contributed by atoms with Gasteiger partial charge in [0.15, 0.2) is 11.6 Å². The summed E-state index contributed by atoms with van der Waals surface area (Å²) in [4.78, 5) is 15.5. The number of ether oxygens (including phenoxy) is 1. The number of rotatable bonds is 6. The zero-order valence-corrected chi connectivity index (χ0v) is 14.3. The summed E-state index contributed by atoms with van der Waals surface area (Å²) >= 11 is 0. The highest BCUT2D eigenvalue weighted by atomic mass is 19.1. The fraction of sp³-hybridized carbons (Fsp3) is 0.263. The molecule has 0 saturated carbocycles. The van der Waals surface area contributed by atoms with E-state index in [0.717, 1.165) is 12.5 Å². The Labute approximate surface area is 150 Å². The molecule has 0 spiro atoms. The average Bonchev–Trinajstić information content (AvgIpc) is 2.61. The van der Waals surface area contributed by atoms with Crippen molar-refractivity contribution in [2.75, 3.05) is 12.3 Å². The number of pyridine rings is 1. The Morgan fingerprint density at radius 3 is 2.81 bits per heavy atom. The third kappa shape index (κ3) is 5.18. The lowest BCUT2D eigenvalue weighted by molar-refractivity contribution is 0.0951. The third-order valence-corrected chi connectivity index (χ3v) is 3.40. The molecule has 0 unspecified atom stereocenters. The molecule has 1 aromatic heterocycles. The summed E-state index contributed by atoms with van der Waals surface area (Å²) in [6, 6.07) is 6.93. The number of aromatic nitrogens is 1. The molecule has 0 radical (unpaired) electrons. The second-order valence-electron chi connectivity index (χ2n) is 5.28. The highest BCUT2D eigenvalue weighted by molar-refractivity contribution is 5.98. The molecule has 1 amide bonds. The number of carbonyl (C=O) groups excluding carboxylic acids is 1. The molecule has 0 atom stereocenters. The van der Waals surface area contributed by atoms with Crippen LogP contribution < -0.4 is 15.8 Å². The van der Waals surface area contributed by atoms with Crippen LogP contribution in [0.3, 0.4) is 0 Å². The Morgan fingerprint density at radius 1 is 1.27 bits per heavy atom. The molecule has 136 valence electrons. The van der Waals surface area contributed by atoms with Gasteiger partial charge < -0.3 is 15.8 Å². The SMILES string of the molecule is CCC#CCCOc1cccc(CNC(=O)c2ccc(F)nc2N)c1F. The average molecular weight is 359 g/mol. The van der Waals surface area contributed by atoms with Crippen LogP contribution in [0.2, 0.25) is 0 Å². The van der Waals surface area contributed by atoms with Gasteiger partial charge in [-0.15, -0.1) is 5.92 Å². The molecule has 0 fully saturated rings. The van der Waals surface area contributed by atoms with Crippen molar-refractivity contribution >= 4 is 11.7 Å². The molecule has 1 heterocycles. The van der Waals surface area contributed by atoms with E-state index in [1.807, 2.05) is 6.92 Å². The number of anilines is 1. The minimum absolute atomic E-state index is 0.0220. The van der Waals surface area contributed by atoms with E-state index in [1.54, 1.807) is 6.07 Å². The van der Waals surface area contributed by atoms with Crippen LogP contribution in [0.5, 0.6) is 5.75 Å². The van der Waals surface area contributed by atoms with Crippen LogP contribution in [-0.2, 0) is 6.54 Å². The number of nitrogens with zero attached hydrogens (tertiary/aromatic N) is 1. The van der Waals surface area contributed by atoms with Crippen molar-refractivity contribution in [3.05, 3.63) is 53.2 Å². The summed E-state index contributed by atoms with van der Waals surface area (Å²) in [5, 5.41) is 2.53. The first-order valence-electron chi connectivity index (χ1n) is 8.09. The van der Waals surface area contributed by atoms with Gasteiger partial charge in [-0.25, -0.2) is 9.37 Å². The van der Waals surface area contributed by atoms with Crippen LogP contribution in [0.1, 0.15) is 35.7 Å². The molecule has 2 aromatic rings. The highest BCUT2D eigenvalue weighted by Gasteiger charge is 2.14. The lowest BCUT2D eigenvalue weighted by atomic mass is 10.2. The molecule has 5 nitrogen and oxygen atoms in total. The molecule has 0 bridgehead atoms. The Hall–Kier alpha value is -3.14. The van der Waals surface area contributed by atoms with Gasteiger partial charge in [0.05, 0.1) is 12.2 Å². The minimum atomic E-state index is -0.779. The van der Waals surface area contributed by atoms with Crippen molar-refractivity contribution in [1.82, 2.24) is 10.3 Å². The molecule has 3 N–H and O–H groups in total. The Balaban J connectivity index is 1.99. The van der Waals surface area contributed by atoms with Gasteiger partial charge in [-0.3, -0.25) is 4.79 Å². The van der Waals surface area contributed by atoms with Gasteiger partial charge in [-0.05, 0) is 18.2 Å². The zero-order chi connectivity index (χ0) is 18.9. The first kappa shape index (κ1) is 19.2. The maximum absolute atomic E-state index is 14.4. The second kappa shape index (κ2) is 9.37. The van der Waals surface area contributed by atoms with Gasteiger partial charge in [0, 0.05) is 24.9 Å². The first-order valence-corrected chi connectivity index (χ1v) is 8.09.